The van der Waals surface area contributed by atoms with Gasteiger partial charge >= 0.3 is 0 Å². The first-order chi connectivity index (χ1) is 17.8. The van der Waals surface area contributed by atoms with E-state index >= 15 is 0 Å². The van der Waals surface area contributed by atoms with Gasteiger partial charge in [0.25, 0.3) is 0 Å². The largest absolute Gasteiger partial charge is 0.375 e. The maximum absolute atomic E-state index is 7.87. The van der Waals surface area contributed by atoms with Gasteiger partial charge in [-0.2, -0.15) is 23.5 Å². The summed E-state index contributed by atoms with van der Waals surface area (Å²) in [7, 11) is 0. The van der Waals surface area contributed by atoms with Crippen LogP contribution in [0.3, 0.4) is 0 Å². The first-order valence-corrected chi connectivity index (χ1v) is 17.6. The van der Waals surface area contributed by atoms with Crippen LogP contribution in [0, 0.1) is 5.92 Å². The predicted octanol–water partition coefficient (Wildman–Crippen LogP) is 5.52. The maximum atomic E-state index is 7.87. The number of morpholine rings is 1. The van der Waals surface area contributed by atoms with Gasteiger partial charge in [0.2, 0.25) is 0 Å². The molecule has 7 rings (SSSR count). The normalized spacial score (nSPS) is 47.5. The molecule has 6 aliphatic heterocycles. The van der Waals surface area contributed by atoms with E-state index in [0.29, 0.717) is 16.6 Å². The number of nitrogens with zero attached hydrogens (tertiary/aromatic N) is 2. The Morgan fingerprint density at radius 2 is 1.53 bits per heavy atom. The quantitative estimate of drug-likeness (QED) is 0.442. The summed E-state index contributed by atoms with van der Waals surface area (Å²) < 4.78 is 21.5. The number of hydrogen-bond acceptors (Lipinski definition) is 7. The van der Waals surface area contributed by atoms with Gasteiger partial charge in [-0.25, -0.2) is 0 Å². The highest BCUT2D eigenvalue weighted by Crippen LogP contribution is 2.61. The van der Waals surface area contributed by atoms with Gasteiger partial charge in [-0.1, -0.05) is 12.8 Å². The highest BCUT2D eigenvalue weighted by atomic mass is 32.2. The third kappa shape index (κ3) is 3.99. The van der Waals surface area contributed by atoms with Crippen LogP contribution < -0.4 is 0 Å². The number of likely N-dealkylation sites (tertiary alicyclic amines) is 1. The van der Waals surface area contributed by atoms with Gasteiger partial charge in [0, 0.05) is 43.3 Å². The van der Waals surface area contributed by atoms with Crippen LogP contribution in [0.15, 0.2) is 0 Å². The number of rotatable bonds is 6. The average Bonchev–Trinajstić information content (AvgIpc) is 3.58. The zero-order valence-electron chi connectivity index (χ0n) is 22.2. The number of thioether (sulfide) groups is 2. The number of piperidine rings is 1. The van der Waals surface area contributed by atoms with E-state index in [1.165, 1.54) is 114 Å². The Morgan fingerprint density at radius 3 is 2.14 bits per heavy atom. The second-order valence-electron chi connectivity index (χ2n) is 12.5. The summed E-state index contributed by atoms with van der Waals surface area (Å²) in [5.41, 5.74) is -0.380. The summed E-state index contributed by atoms with van der Waals surface area (Å²) >= 11 is 4.47. The molecule has 0 spiro atoms. The zero-order valence-corrected chi connectivity index (χ0v) is 23.9. The maximum Gasteiger partial charge on any atom is 0.139 e. The molecule has 0 N–H and O–H groups in total. The molecule has 6 heterocycles. The van der Waals surface area contributed by atoms with Crippen LogP contribution in [0.25, 0.3) is 0 Å². The van der Waals surface area contributed by atoms with E-state index in [9.17, 15) is 0 Å². The van der Waals surface area contributed by atoms with Gasteiger partial charge in [0.1, 0.15) is 17.5 Å². The van der Waals surface area contributed by atoms with Crippen LogP contribution >= 0.6 is 23.5 Å². The third-order valence-corrected chi connectivity index (χ3v) is 13.7. The number of ether oxygens (including phenoxy) is 3. The Morgan fingerprint density at radius 1 is 0.667 bits per heavy atom. The van der Waals surface area contributed by atoms with Gasteiger partial charge < -0.3 is 14.2 Å². The van der Waals surface area contributed by atoms with Crippen LogP contribution in [-0.4, -0.2) is 94.4 Å². The predicted molar refractivity (Wildman–Crippen MR) is 149 cm³/mol. The van der Waals surface area contributed by atoms with Gasteiger partial charge in [-0.05, 0) is 94.5 Å². The molecular formula is C29H48N2O3S2. The second-order valence-corrected chi connectivity index (χ2v) is 15.2. The lowest BCUT2D eigenvalue weighted by atomic mass is 9.68. The van der Waals surface area contributed by atoms with Gasteiger partial charge in [-0.15, -0.1) is 0 Å². The molecule has 5 nitrogen and oxygen atoms in total. The fraction of sp³-hybridized carbons (Fsp3) is 1.00. The van der Waals surface area contributed by atoms with Crippen LogP contribution in [0.2, 0.25) is 0 Å². The van der Waals surface area contributed by atoms with Gasteiger partial charge in [-0.3, -0.25) is 9.80 Å². The van der Waals surface area contributed by atoms with E-state index in [1.807, 2.05) is 0 Å². The molecule has 7 unspecified atom stereocenters. The minimum Gasteiger partial charge on any atom is -0.375 e. The van der Waals surface area contributed by atoms with Gasteiger partial charge in [0.15, 0.2) is 0 Å². The standard InChI is InChI=1S/C29H48N2O3S2/c1-3-15-30(16-4-1)29(26-12-8-19-35-26)28(25-14-20-36-25,24-11-7-18-32-24)34-23(22-9-6-10-22)21-31(29)27-13-2-5-17-33-27/h22-27H,1-21H2. The van der Waals surface area contributed by atoms with Crippen molar-refractivity contribution in [3.05, 3.63) is 0 Å². The lowest BCUT2D eigenvalue weighted by Gasteiger charge is -2.72. The van der Waals surface area contributed by atoms with Crippen molar-refractivity contribution >= 4 is 23.5 Å². The monoisotopic (exact) mass is 536 g/mol. The molecule has 6 saturated heterocycles. The Bertz CT molecular complexity index is 743. The van der Waals surface area contributed by atoms with Crippen LogP contribution in [-0.2, 0) is 14.2 Å². The van der Waals surface area contributed by atoms with Crippen molar-refractivity contribution in [3.8, 4) is 0 Å². The molecular weight excluding hydrogens is 488 g/mol. The summed E-state index contributed by atoms with van der Waals surface area (Å²) in [4.78, 5) is 5.97. The Balaban J connectivity index is 1.43. The molecule has 1 aliphatic carbocycles. The van der Waals surface area contributed by atoms with Crippen molar-refractivity contribution in [2.45, 2.75) is 130 Å². The van der Waals surface area contributed by atoms with Crippen LogP contribution in [0.1, 0.15) is 89.9 Å². The molecule has 0 aromatic heterocycles. The fourth-order valence-corrected chi connectivity index (χ4v) is 11.6. The van der Waals surface area contributed by atoms with Crippen molar-refractivity contribution in [1.82, 2.24) is 9.80 Å². The molecule has 0 radical (unpaired) electrons. The summed E-state index contributed by atoms with van der Waals surface area (Å²) in [5, 5.41) is 1.12. The highest BCUT2D eigenvalue weighted by molar-refractivity contribution is 8.01. The smallest absolute Gasteiger partial charge is 0.139 e. The van der Waals surface area contributed by atoms with E-state index in [2.05, 4.69) is 33.3 Å². The Hall–Kier alpha value is 0.500. The summed E-state index contributed by atoms with van der Waals surface area (Å²) in [6.45, 7) is 5.33. The van der Waals surface area contributed by atoms with E-state index in [4.69, 9.17) is 14.2 Å². The minimum absolute atomic E-state index is 0.121. The van der Waals surface area contributed by atoms with Crippen molar-refractivity contribution in [1.29, 1.82) is 0 Å². The van der Waals surface area contributed by atoms with E-state index in [-0.39, 0.29) is 23.6 Å². The van der Waals surface area contributed by atoms with E-state index in [0.717, 1.165) is 25.7 Å². The molecule has 36 heavy (non-hydrogen) atoms. The number of hydrogen-bond donors (Lipinski definition) is 0. The van der Waals surface area contributed by atoms with Crippen molar-refractivity contribution in [2.24, 2.45) is 5.92 Å². The topological polar surface area (TPSA) is 34.2 Å². The molecule has 7 atom stereocenters. The molecule has 1 saturated carbocycles. The fourth-order valence-electron chi connectivity index (χ4n) is 8.82. The van der Waals surface area contributed by atoms with E-state index < -0.39 is 0 Å². The molecule has 0 bridgehead atoms. The highest BCUT2D eigenvalue weighted by Gasteiger charge is 2.74. The summed E-state index contributed by atoms with van der Waals surface area (Å²) in [6.07, 6.45) is 18.9. The van der Waals surface area contributed by atoms with Crippen molar-refractivity contribution in [2.75, 3.05) is 44.4 Å². The van der Waals surface area contributed by atoms with Crippen LogP contribution in [0.4, 0.5) is 0 Å². The second kappa shape index (κ2) is 10.8. The zero-order chi connectivity index (χ0) is 24.0. The lowest BCUT2D eigenvalue weighted by molar-refractivity contribution is -0.346. The first kappa shape index (κ1) is 25.5. The Kier molecular flexibility index (Phi) is 7.65. The summed E-state index contributed by atoms with van der Waals surface area (Å²) in [5.74, 6) is 3.30. The molecule has 7 aliphatic rings. The molecule has 0 aromatic rings. The Labute approximate surface area is 227 Å². The van der Waals surface area contributed by atoms with Gasteiger partial charge in [0.05, 0.1) is 12.2 Å². The van der Waals surface area contributed by atoms with Crippen molar-refractivity contribution in [3.63, 3.8) is 0 Å². The molecule has 7 fully saturated rings. The van der Waals surface area contributed by atoms with E-state index in [1.54, 1.807) is 0 Å². The summed E-state index contributed by atoms with van der Waals surface area (Å²) in [6, 6.07) is 0. The molecule has 0 amide bonds. The third-order valence-electron chi connectivity index (χ3n) is 10.7. The lowest BCUT2D eigenvalue weighted by Crippen LogP contribution is -2.88. The van der Waals surface area contributed by atoms with Crippen LogP contribution in [0.5, 0.6) is 0 Å². The molecule has 7 heteroatoms. The molecule has 0 aromatic carbocycles. The first-order valence-electron chi connectivity index (χ1n) is 15.5. The average molecular weight is 537 g/mol. The SMILES string of the molecule is C1CCN(C2(C3CCCS3)N(C3CCCCO3)CC(C3CCC3)OC2(C2CCCO2)C2CCS2)CC1. The van der Waals surface area contributed by atoms with Crippen molar-refractivity contribution < 1.29 is 14.2 Å². The minimum atomic E-state index is -0.259. The molecule has 204 valence electrons.